The molecule has 2 heterocycles. The first kappa shape index (κ1) is 25.8. The molecule has 0 fully saturated rings. The minimum Gasteiger partial charge on any atom is -0.477 e. The molecule has 0 radical (unpaired) electrons. The smallest absolute Gasteiger partial charge is 0.341 e. The summed E-state index contributed by atoms with van der Waals surface area (Å²) in [5.74, 6) is 0.0308. The Labute approximate surface area is 227 Å². The van der Waals surface area contributed by atoms with Crippen molar-refractivity contribution in [2.24, 2.45) is 0 Å². The predicted molar refractivity (Wildman–Crippen MR) is 155 cm³/mol. The standard InChI is InChI=1S/C31H31N5O3/c1-6-25-26(31(37)38)27(34-39-25)19-7-9-22(10-8-19)30-32-28(20-11-15-23(16-12-20)35(2)3)29(33-30)21-13-17-24(18-14-21)36(4)5/h7-18H,6H2,1-5H3,(H,32,33)(H,37,38). The molecule has 5 rings (SSSR count). The van der Waals surface area contributed by atoms with Crippen molar-refractivity contribution >= 4 is 17.3 Å². The lowest BCUT2D eigenvalue weighted by atomic mass is 10.0. The molecule has 2 N–H and O–H groups in total. The topological polar surface area (TPSA) is 98.5 Å². The maximum atomic E-state index is 11.8. The van der Waals surface area contributed by atoms with Crippen LogP contribution in [-0.2, 0) is 6.42 Å². The van der Waals surface area contributed by atoms with Crippen LogP contribution in [0.2, 0.25) is 0 Å². The van der Waals surface area contributed by atoms with Gasteiger partial charge in [0.15, 0.2) is 5.76 Å². The SMILES string of the molecule is CCc1onc(-c2ccc(-c3nc(-c4ccc(N(C)C)cc4)c(-c4ccc(N(C)C)cc4)[nH]3)cc2)c1C(=O)O. The number of aromatic carboxylic acids is 1. The van der Waals surface area contributed by atoms with Gasteiger partial charge in [0.1, 0.15) is 17.1 Å². The third-order valence-corrected chi connectivity index (χ3v) is 6.76. The molecule has 0 bridgehead atoms. The number of carboxylic acid groups (broad SMARTS) is 1. The number of benzene rings is 3. The van der Waals surface area contributed by atoms with Gasteiger partial charge in [0.25, 0.3) is 0 Å². The van der Waals surface area contributed by atoms with Gasteiger partial charge >= 0.3 is 5.97 Å². The summed E-state index contributed by atoms with van der Waals surface area (Å²) in [6.45, 7) is 1.84. The van der Waals surface area contributed by atoms with E-state index in [1.807, 2.05) is 59.4 Å². The fourth-order valence-corrected chi connectivity index (χ4v) is 4.54. The fraction of sp³-hybridized carbons (Fsp3) is 0.194. The zero-order valence-electron chi connectivity index (χ0n) is 22.7. The first-order valence-electron chi connectivity index (χ1n) is 12.7. The molecule has 8 nitrogen and oxygen atoms in total. The van der Waals surface area contributed by atoms with Crippen molar-refractivity contribution in [3.8, 4) is 45.2 Å². The molecule has 198 valence electrons. The van der Waals surface area contributed by atoms with Crippen molar-refractivity contribution in [3.05, 3.63) is 84.1 Å². The Bertz CT molecular complexity index is 1530. The fourth-order valence-electron chi connectivity index (χ4n) is 4.54. The summed E-state index contributed by atoms with van der Waals surface area (Å²) in [5, 5.41) is 13.7. The monoisotopic (exact) mass is 521 g/mol. The molecule has 0 aliphatic heterocycles. The van der Waals surface area contributed by atoms with Gasteiger partial charge in [-0.2, -0.15) is 0 Å². The van der Waals surface area contributed by atoms with E-state index in [-0.39, 0.29) is 5.56 Å². The largest absolute Gasteiger partial charge is 0.477 e. The number of H-pyrrole nitrogens is 1. The second kappa shape index (κ2) is 10.5. The maximum absolute atomic E-state index is 11.8. The molecule has 0 unspecified atom stereocenters. The molecule has 0 aliphatic rings. The molecule has 0 saturated carbocycles. The molecular formula is C31H31N5O3. The molecule has 39 heavy (non-hydrogen) atoms. The number of aryl methyl sites for hydroxylation is 1. The summed E-state index contributed by atoms with van der Waals surface area (Å²) in [6.07, 6.45) is 0.454. The van der Waals surface area contributed by atoms with E-state index in [2.05, 4.69) is 68.5 Å². The summed E-state index contributed by atoms with van der Waals surface area (Å²) in [6, 6.07) is 24.2. The number of nitrogens with one attached hydrogen (secondary N) is 1. The van der Waals surface area contributed by atoms with Crippen molar-refractivity contribution in [1.29, 1.82) is 0 Å². The number of hydrogen-bond acceptors (Lipinski definition) is 6. The molecule has 0 aliphatic carbocycles. The van der Waals surface area contributed by atoms with Crippen LogP contribution in [0.1, 0.15) is 23.0 Å². The summed E-state index contributed by atoms with van der Waals surface area (Å²) < 4.78 is 5.28. The van der Waals surface area contributed by atoms with Gasteiger partial charge in [0, 0.05) is 68.2 Å². The second-order valence-corrected chi connectivity index (χ2v) is 9.76. The number of carbonyl (C=O) groups is 1. The summed E-state index contributed by atoms with van der Waals surface area (Å²) in [5.41, 5.74) is 8.03. The van der Waals surface area contributed by atoms with E-state index < -0.39 is 5.97 Å². The third kappa shape index (κ3) is 5.01. The number of imidazole rings is 1. The zero-order chi connectivity index (χ0) is 27.7. The first-order chi connectivity index (χ1) is 18.8. The van der Waals surface area contributed by atoms with Crippen LogP contribution in [0.15, 0.2) is 77.3 Å². The van der Waals surface area contributed by atoms with Crippen LogP contribution < -0.4 is 9.80 Å². The number of aromatic amines is 1. The third-order valence-electron chi connectivity index (χ3n) is 6.76. The molecule has 0 amide bonds. The van der Waals surface area contributed by atoms with Crippen molar-refractivity contribution < 1.29 is 14.4 Å². The van der Waals surface area contributed by atoms with Gasteiger partial charge in [0.05, 0.1) is 11.4 Å². The lowest BCUT2D eigenvalue weighted by molar-refractivity contribution is 0.0695. The first-order valence-corrected chi connectivity index (χ1v) is 12.7. The van der Waals surface area contributed by atoms with Gasteiger partial charge in [-0.25, -0.2) is 9.78 Å². The normalized spacial score (nSPS) is 11.0. The van der Waals surface area contributed by atoms with Gasteiger partial charge in [0.2, 0.25) is 0 Å². The van der Waals surface area contributed by atoms with Crippen molar-refractivity contribution in [2.75, 3.05) is 38.0 Å². The second-order valence-electron chi connectivity index (χ2n) is 9.76. The van der Waals surface area contributed by atoms with E-state index >= 15 is 0 Å². The van der Waals surface area contributed by atoms with Crippen molar-refractivity contribution in [1.82, 2.24) is 15.1 Å². The Balaban J connectivity index is 1.56. The maximum Gasteiger partial charge on any atom is 0.341 e. The van der Waals surface area contributed by atoms with Crippen LogP contribution in [0.25, 0.3) is 45.2 Å². The quantitative estimate of drug-likeness (QED) is 0.242. The summed E-state index contributed by atoms with van der Waals surface area (Å²) >= 11 is 0. The van der Waals surface area contributed by atoms with Crippen LogP contribution in [-0.4, -0.2) is 54.4 Å². The van der Waals surface area contributed by atoms with E-state index in [0.717, 1.165) is 39.5 Å². The van der Waals surface area contributed by atoms with Gasteiger partial charge in [-0.15, -0.1) is 0 Å². The number of anilines is 2. The molecule has 5 aromatic rings. The van der Waals surface area contributed by atoms with Crippen LogP contribution in [0, 0.1) is 0 Å². The van der Waals surface area contributed by atoms with Crippen molar-refractivity contribution in [3.63, 3.8) is 0 Å². The average Bonchev–Trinajstić information content (AvgIpc) is 3.58. The summed E-state index contributed by atoms with van der Waals surface area (Å²) in [4.78, 5) is 24.5. The number of hydrogen-bond donors (Lipinski definition) is 2. The Kier molecular flexibility index (Phi) is 6.94. The van der Waals surface area contributed by atoms with Gasteiger partial charge in [-0.3, -0.25) is 0 Å². The minimum atomic E-state index is -1.05. The molecule has 2 aromatic heterocycles. The highest BCUT2D eigenvalue weighted by Crippen LogP contribution is 2.35. The Morgan fingerprint density at radius 1 is 0.769 bits per heavy atom. The van der Waals surface area contributed by atoms with Crippen LogP contribution in [0.4, 0.5) is 11.4 Å². The highest BCUT2D eigenvalue weighted by atomic mass is 16.5. The number of nitrogens with zero attached hydrogens (tertiary/aromatic N) is 4. The lowest BCUT2D eigenvalue weighted by Gasteiger charge is -2.13. The molecule has 0 atom stereocenters. The Morgan fingerprint density at radius 3 is 1.77 bits per heavy atom. The highest BCUT2D eigenvalue weighted by Gasteiger charge is 2.23. The van der Waals surface area contributed by atoms with Crippen molar-refractivity contribution in [2.45, 2.75) is 13.3 Å². The Morgan fingerprint density at radius 2 is 1.26 bits per heavy atom. The average molecular weight is 522 g/mol. The molecule has 8 heteroatoms. The molecular weight excluding hydrogens is 490 g/mol. The molecule has 0 spiro atoms. The van der Waals surface area contributed by atoms with E-state index in [1.54, 1.807) is 0 Å². The lowest BCUT2D eigenvalue weighted by Crippen LogP contribution is -2.08. The van der Waals surface area contributed by atoms with E-state index in [9.17, 15) is 9.90 Å². The van der Waals surface area contributed by atoms with E-state index in [1.165, 1.54) is 0 Å². The van der Waals surface area contributed by atoms with Gasteiger partial charge in [-0.1, -0.05) is 60.6 Å². The van der Waals surface area contributed by atoms with Crippen LogP contribution in [0.5, 0.6) is 0 Å². The van der Waals surface area contributed by atoms with E-state index in [4.69, 9.17) is 9.51 Å². The Hall–Kier alpha value is -4.85. The number of aromatic nitrogens is 3. The zero-order valence-corrected chi connectivity index (χ0v) is 22.7. The van der Waals surface area contributed by atoms with E-state index in [0.29, 0.717) is 29.3 Å². The summed E-state index contributed by atoms with van der Waals surface area (Å²) in [7, 11) is 8.08. The van der Waals surface area contributed by atoms with Crippen LogP contribution in [0.3, 0.4) is 0 Å². The highest BCUT2D eigenvalue weighted by molar-refractivity contribution is 5.96. The number of carboxylic acids is 1. The molecule has 3 aromatic carbocycles. The number of rotatable bonds is 8. The minimum absolute atomic E-state index is 0.107. The van der Waals surface area contributed by atoms with Gasteiger partial charge < -0.3 is 24.4 Å². The predicted octanol–water partition coefficient (Wildman–Crippen LogP) is 6.46. The van der Waals surface area contributed by atoms with Gasteiger partial charge in [-0.05, 0) is 24.3 Å². The molecule has 0 saturated heterocycles. The van der Waals surface area contributed by atoms with Crippen LogP contribution >= 0.6 is 0 Å².